The summed E-state index contributed by atoms with van der Waals surface area (Å²) in [5, 5.41) is 2.57. The normalized spacial score (nSPS) is 17.3. The van der Waals surface area contributed by atoms with Crippen LogP contribution in [0.25, 0.3) is 0 Å². The summed E-state index contributed by atoms with van der Waals surface area (Å²) in [4.78, 5) is 19.0. The minimum Gasteiger partial charge on any atom is -0.376 e. The molecule has 122 valence electrons. The fourth-order valence-corrected chi connectivity index (χ4v) is 3.37. The Morgan fingerprint density at radius 1 is 1.39 bits per heavy atom. The van der Waals surface area contributed by atoms with Crippen molar-refractivity contribution in [1.82, 2.24) is 9.88 Å². The predicted octanol–water partition coefficient (Wildman–Crippen LogP) is 2.42. The van der Waals surface area contributed by atoms with Gasteiger partial charge in [0.2, 0.25) is 0 Å². The molecule has 1 saturated heterocycles. The molecule has 1 aromatic carbocycles. The molecule has 0 saturated carbocycles. The molecule has 3 rings (SSSR count). The minimum absolute atomic E-state index is 0.0553. The van der Waals surface area contributed by atoms with Gasteiger partial charge in [0.15, 0.2) is 0 Å². The number of hydrogen-bond donors (Lipinski definition) is 1. The van der Waals surface area contributed by atoms with Crippen LogP contribution in [-0.2, 0) is 17.8 Å². The molecule has 0 radical (unpaired) electrons. The molecule has 1 aromatic heterocycles. The average Bonchev–Trinajstić information content (AvgIpc) is 3.26. The second-order valence-corrected chi connectivity index (χ2v) is 6.58. The summed E-state index contributed by atoms with van der Waals surface area (Å²) < 4.78 is 5.70. The van der Waals surface area contributed by atoms with E-state index in [0.717, 1.165) is 30.0 Å². The lowest BCUT2D eigenvalue weighted by molar-refractivity contribution is 0.0503. The molecule has 23 heavy (non-hydrogen) atoms. The number of carbonyl (C=O) groups is 1. The van der Waals surface area contributed by atoms with Crippen LogP contribution >= 0.6 is 11.3 Å². The van der Waals surface area contributed by atoms with Gasteiger partial charge in [-0.3, -0.25) is 4.79 Å². The van der Waals surface area contributed by atoms with Crippen LogP contribution in [0.4, 0.5) is 0 Å². The van der Waals surface area contributed by atoms with Crippen molar-refractivity contribution >= 4 is 17.2 Å². The van der Waals surface area contributed by atoms with E-state index in [4.69, 9.17) is 10.5 Å². The Hall–Kier alpha value is -1.76. The molecule has 0 aliphatic carbocycles. The van der Waals surface area contributed by atoms with Crippen LogP contribution in [0.2, 0.25) is 0 Å². The van der Waals surface area contributed by atoms with Gasteiger partial charge in [-0.15, -0.1) is 11.3 Å². The Balaban J connectivity index is 1.76. The number of benzene rings is 1. The molecule has 1 unspecified atom stereocenters. The fourth-order valence-electron chi connectivity index (χ4n) is 2.72. The van der Waals surface area contributed by atoms with Crippen LogP contribution in [0, 0.1) is 0 Å². The minimum atomic E-state index is -0.0553. The Morgan fingerprint density at radius 2 is 2.22 bits per heavy atom. The lowest BCUT2D eigenvalue weighted by Gasteiger charge is -2.25. The largest absolute Gasteiger partial charge is 0.376 e. The molecule has 2 heterocycles. The average molecular weight is 331 g/mol. The van der Waals surface area contributed by atoms with Gasteiger partial charge >= 0.3 is 0 Å². The van der Waals surface area contributed by atoms with Crippen molar-refractivity contribution in [3.05, 3.63) is 52.0 Å². The smallest absolute Gasteiger partial charge is 0.273 e. The van der Waals surface area contributed by atoms with Crippen molar-refractivity contribution in [3.63, 3.8) is 0 Å². The molecule has 5 nitrogen and oxygen atoms in total. The lowest BCUT2D eigenvalue weighted by atomic mass is 10.1. The number of carbonyl (C=O) groups excluding carboxylic acids is 1. The summed E-state index contributed by atoms with van der Waals surface area (Å²) in [7, 11) is 0. The highest BCUT2D eigenvalue weighted by Gasteiger charge is 2.25. The maximum Gasteiger partial charge on any atom is 0.273 e. The van der Waals surface area contributed by atoms with Crippen molar-refractivity contribution in [2.24, 2.45) is 5.73 Å². The van der Waals surface area contributed by atoms with Gasteiger partial charge in [0.1, 0.15) is 10.7 Å². The molecular weight excluding hydrogens is 310 g/mol. The summed E-state index contributed by atoms with van der Waals surface area (Å²) in [5.41, 5.74) is 7.18. The molecule has 2 aromatic rings. The van der Waals surface area contributed by atoms with Gasteiger partial charge in [-0.05, 0) is 18.4 Å². The van der Waals surface area contributed by atoms with Crippen molar-refractivity contribution in [2.45, 2.75) is 32.0 Å². The van der Waals surface area contributed by atoms with Crippen LogP contribution < -0.4 is 5.73 Å². The lowest BCUT2D eigenvalue weighted by Crippen LogP contribution is -2.37. The Morgan fingerprint density at radius 3 is 2.87 bits per heavy atom. The van der Waals surface area contributed by atoms with E-state index in [9.17, 15) is 4.79 Å². The van der Waals surface area contributed by atoms with Gasteiger partial charge in [0.25, 0.3) is 5.91 Å². The molecule has 1 atom stereocenters. The molecule has 1 fully saturated rings. The Bertz CT molecular complexity index is 638. The zero-order chi connectivity index (χ0) is 16.1. The van der Waals surface area contributed by atoms with Gasteiger partial charge in [0.05, 0.1) is 6.10 Å². The Kier molecular flexibility index (Phi) is 5.38. The van der Waals surface area contributed by atoms with Crippen LogP contribution in [0.15, 0.2) is 35.7 Å². The van der Waals surface area contributed by atoms with E-state index in [2.05, 4.69) is 4.98 Å². The molecule has 2 N–H and O–H groups in total. The highest BCUT2D eigenvalue weighted by molar-refractivity contribution is 7.09. The highest BCUT2D eigenvalue weighted by atomic mass is 32.1. The third kappa shape index (κ3) is 4.16. The molecule has 1 aliphatic heterocycles. The first-order valence-corrected chi connectivity index (χ1v) is 8.73. The predicted molar refractivity (Wildman–Crippen MR) is 90.2 cm³/mol. The van der Waals surface area contributed by atoms with E-state index in [1.807, 2.05) is 35.2 Å². The maximum atomic E-state index is 12.8. The maximum absolute atomic E-state index is 12.8. The van der Waals surface area contributed by atoms with E-state index in [0.29, 0.717) is 25.3 Å². The molecule has 0 bridgehead atoms. The van der Waals surface area contributed by atoms with Gasteiger partial charge in [-0.2, -0.15) is 0 Å². The van der Waals surface area contributed by atoms with Crippen LogP contribution in [-0.4, -0.2) is 35.0 Å². The second kappa shape index (κ2) is 7.68. The number of ether oxygens (including phenoxy) is 1. The number of aromatic nitrogens is 1. The third-order valence-corrected chi connectivity index (χ3v) is 4.77. The molecule has 0 spiro atoms. The summed E-state index contributed by atoms with van der Waals surface area (Å²) in [5.74, 6) is -0.0553. The molecule has 1 amide bonds. The SMILES string of the molecule is NCc1nc(C(=O)N(Cc2ccccc2)CC2CCCO2)cs1. The standard InChI is InChI=1S/C17H21N3O2S/c18-9-16-19-15(12-23-16)17(21)20(11-14-7-4-8-22-14)10-13-5-2-1-3-6-13/h1-3,5-6,12,14H,4,7-11,18H2. The van der Waals surface area contributed by atoms with Gasteiger partial charge in [-0.1, -0.05) is 30.3 Å². The van der Waals surface area contributed by atoms with E-state index >= 15 is 0 Å². The van der Waals surface area contributed by atoms with Crippen molar-refractivity contribution in [3.8, 4) is 0 Å². The second-order valence-electron chi connectivity index (χ2n) is 5.64. The summed E-state index contributed by atoms with van der Waals surface area (Å²) in [6.45, 7) is 2.31. The highest BCUT2D eigenvalue weighted by Crippen LogP contribution is 2.18. The summed E-state index contributed by atoms with van der Waals surface area (Å²) in [6.07, 6.45) is 2.19. The van der Waals surface area contributed by atoms with E-state index < -0.39 is 0 Å². The quantitative estimate of drug-likeness (QED) is 0.883. The van der Waals surface area contributed by atoms with E-state index in [1.165, 1.54) is 11.3 Å². The monoisotopic (exact) mass is 331 g/mol. The van der Waals surface area contributed by atoms with Crippen molar-refractivity contribution in [2.75, 3.05) is 13.2 Å². The van der Waals surface area contributed by atoms with Crippen LogP contribution in [0.1, 0.15) is 33.9 Å². The Labute approximate surface area is 140 Å². The van der Waals surface area contributed by atoms with Gasteiger partial charge < -0.3 is 15.4 Å². The first-order chi connectivity index (χ1) is 11.3. The van der Waals surface area contributed by atoms with Gasteiger partial charge in [0, 0.05) is 31.6 Å². The third-order valence-electron chi connectivity index (χ3n) is 3.90. The molecular formula is C17H21N3O2S. The number of hydrogen-bond acceptors (Lipinski definition) is 5. The summed E-state index contributed by atoms with van der Waals surface area (Å²) in [6, 6.07) is 10.0. The zero-order valence-corrected chi connectivity index (χ0v) is 13.8. The van der Waals surface area contributed by atoms with Crippen molar-refractivity contribution in [1.29, 1.82) is 0 Å². The topological polar surface area (TPSA) is 68.5 Å². The van der Waals surface area contributed by atoms with Crippen LogP contribution in [0.5, 0.6) is 0 Å². The zero-order valence-electron chi connectivity index (χ0n) is 13.0. The first kappa shape index (κ1) is 16.1. The molecule has 1 aliphatic rings. The number of amides is 1. The van der Waals surface area contributed by atoms with Crippen molar-refractivity contribution < 1.29 is 9.53 Å². The van der Waals surface area contributed by atoms with Gasteiger partial charge in [-0.25, -0.2) is 4.98 Å². The van der Waals surface area contributed by atoms with Crippen LogP contribution in [0.3, 0.4) is 0 Å². The first-order valence-electron chi connectivity index (χ1n) is 7.85. The molecule has 6 heteroatoms. The fraction of sp³-hybridized carbons (Fsp3) is 0.412. The van der Waals surface area contributed by atoms with E-state index in [-0.39, 0.29) is 12.0 Å². The summed E-state index contributed by atoms with van der Waals surface area (Å²) >= 11 is 1.43. The number of rotatable bonds is 6. The number of nitrogens with zero attached hydrogens (tertiary/aromatic N) is 2. The van der Waals surface area contributed by atoms with E-state index in [1.54, 1.807) is 5.38 Å². The number of thiazole rings is 1. The number of nitrogens with two attached hydrogens (primary N) is 1.